The van der Waals surface area contributed by atoms with Crippen molar-refractivity contribution in [2.24, 2.45) is 0 Å². The molecular formula is C16H21N5O2. The maximum absolute atomic E-state index is 10.7. The van der Waals surface area contributed by atoms with Gasteiger partial charge in [-0.25, -0.2) is 0 Å². The Bertz CT molecular complexity index is 659. The Kier molecular flexibility index (Phi) is 4.68. The lowest BCUT2D eigenvalue weighted by atomic mass is 10.1. The number of benzene rings is 1. The molecule has 1 aliphatic heterocycles. The lowest BCUT2D eigenvalue weighted by molar-refractivity contribution is -0.385. The van der Waals surface area contributed by atoms with Crippen LogP contribution < -0.4 is 0 Å². The van der Waals surface area contributed by atoms with E-state index < -0.39 is 4.92 Å². The number of nitrogens with zero attached hydrogens (tertiary/aromatic N) is 5. The zero-order chi connectivity index (χ0) is 16.2. The molecule has 3 rings (SSSR count). The second kappa shape index (κ2) is 6.89. The highest BCUT2D eigenvalue weighted by Crippen LogP contribution is 2.12. The van der Waals surface area contributed by atoms with E-state index in [9.17, 15) is 10.1 Å². The van der Waals surface area contributed by atoms with E-state index in [1.165, 1.54) is 23.5 Å². The minimum atomic E-state index is -0.414. The maximum Gasteiger partial charge on any atom is 0.307 e. The molecule has 0 bridgehead atoms. The molecule has 0 N–H and O–H groups in total. The molecule has 1 aliphatic rings. The van der Waals surface area contributed by atoms with Crippen LogP contribution >= 0.6 is 0 Å². The Morgan fingerprint density at radius 2 is 1.78 bits per heavy atom. The number of hydrogen-bond donors (Lipinski definition) is 0. The second-order valence-corrected chi connectivity index (χ2v) is 6.02. The second-order valence-electron chi connectivity index (χ2n) is 6.02. The van der Waals surface area contributed by atoms with Crippen molar-refractivity contribution < 1.29 is 4.92 Å². The van der Waals surface area contributed by atoms with Gasteiger partial charge in [0, 0.05) is 32.7 Å². The molecule has 0 unspecified atom stereocenters. The van der Waals surface area contributed by atoms with Crippen molar-refractivity contribution in [1.82, 2.24) is 19.6 Å². The lowest BCUT2D eigenvalue weighted by Gasteiger charge is -2.34. The average Bonchev–Trinajstić information content (AvgIpc) is 3.00. The smallest absolute Gasteiger partial charge is 0.297 e. The first-order valence-corrected chi connectivity index (χ1v) is 7.77. The number of aromatic nitrogens is 2. The molecule has 23 heavy (non-hydrogen) atoms. The molecule has 0 amide bonds. The molecular weight excluding hydrogens is 294 g/mol. The fraction of sp³-hybridized carbons (Fsp3) is 0.438. The van der Waals surface area contributed by atoms with Crippen LogP contribution in [0.4, 0.5) is 5.69 Å². The van der Waals surface area contributed by atoms with Crippen molar-refractivity contribution in [1.29, 1.82) is 0 Å². The molecule has 0 spiro atoms. The fourth-order valence-electron chi connectivity index (χ4n) is 2.77. The van der Waals surface area contributed by atoms with Gasteiger partial charge in [0.1, 0.15) is 12.4 Å². The summed E-state index contributed by atoms with van der Waals surface area (Å²) in [6.07, 6.45) is 2.78. The lowest BCUT2D eigenvalue weighted by Crippen LogP contribution is -2.46. The fourth-order valence-corrected chi connectivity index (χ4v) is 2.77. The van der Waals surface area contributed by atoms with Crippen LogP contribution in [0.5, 0.6) is 0 Å². The maximum atomic E-state index is 10.7. The van der Waals surface area contributed by atoms with E-state index >= 15 is 0 Å². The topological polar surface area (TPSA) is 67.4 Å². The molecule has 1 aromatic heterocycles. The number of hydrogen-bond acceptors (Lipinski definition) is 5. The number of nitro groups is 1. The Labute approximate surface area is 135 Å². The first kappa shape index (κ1) is 15.6. The molecule has 1 aromatic carbocycles. The van der Waals surface area contributed by atoms with Gasteiger partial charge in [0.05, 0.1) is 11.6 Å². The van der Waals surface area contributed by atoms with E-state index in [-0.39, 0.29) is 5.69 Å². The monoisotopic (exact) mass is 315 g/mol. The quantitative estimate of drug-likeness (QED) is 0.622. The van der Waals surface area contributed by atoms with Gasteiger partial charge in [-0.15, -0.1) is 0 Å². The van der Waals surface area contributed by atoms with E-state index in [1.54, 1.807) is 4.68 Å². The summed E-state index contributed by atoms with van der Waals surface area (Å²) in [5.74, 6) is 0. The van der Waals surface area contributed by atoms with Crippen LogP contribution in [0, 0.1) is 17.0 Å². The molecule has 2 heterocycles. The van der Waals surface area contributed by atoms with Crippen LogP contribution in [-0.2, 0) is 13.2 Å². The Morgan fingerprint density at radius 1 is 1.13 bits per heavy atom. The minimum Gasteiger partial charge on any atom is -0.297 e. The van der Waals surface area contributed by atoms with Gasteiger partial charge >= 0.3 is 5.69 Å². The van der Waals surface area contributed by atoms with Crippen molar-refractivity contribution in [3.05, 3.63) is 57.9 Å². The molecule has 0 saturated carbocycles. The summed E-state index contributed by atoms with van der Waals surface area (Å²) in [5, 5.41) is 14.7. The highest BCUT2D eigenvalue weighted by molar-refractivity contribution is 5.21. The van der Waals surface area contributed by atoms with Gasteiger partial charge in [0.2, 0.25) is 0 Å². The first-order valence-electron chi connectivity index (χ1n) is 7.77. The van der Waals surface area contributed by atoms with Gasteiger partial charge in [-0.2, -0.15) is 5.10 Å². The molecule has 1 saturated heterocycles. The van der Waals surface area contributed by atoms with Gasteiger partial charge in [-0.3, -0.25) is 24.6 Å². The largest absolute Gasteiger partial charge is 0.307 e. The molecule has 7 nitrogen and oxygen atoms in total. The number of aryl methyl sites for hydroxylation is 1. The van der Waals surface area contributed by atoms with Crippen LogP contribution in [0.2, 0.25) is 0 Å². The molecule has 0 aliphatic carbocycles. The highest BCUT2D eigenvalue weighted by atomic mass is 16.6. The molecule has 0 atom stereocenters. The number of rotatable bonds is 5. The standard InChI is InChI=1S/C16H21N5O2/c1-14-2-4-15(5-3-14)11-18-6-8-19(9-7-18)13-20-12-16(10-17-20)21(22)23/h2-5,10,12H,6-9,11,13H2,1H3. The first-order chi connectivity index (χ1) is 11.1. The summed E-state index contributed by atoms with van der Waals surface area (Å²) in [4.78, 5) is 15.0. The molecule has 0 radical (unpaired) electrons. The average molecular weight is 315 g/mol. The van der Waals surface area contributed by atoms with Crippen LogP contribution in [0.1, 0.15) is 11.1 Å². The zero-order valence-electron chi connectivity index (χ0n) is 13.3. The molecule has 122 valence electrons. The van der Waals surface area contributed by atoms with E-state index in [0.717, 1.165) is 32.7 Å². The van der Waals surface area contributed by atoms with Crippen LogP contribution in [0.25, 0.3) is 0 Å². The molecule has 7 heteroatoms. The summed E-state index contributed by atoms with van der Waals surface area (Å²) < 4.78 is 1.63. The highest BCUT2D eigenvalue weighted by Gasteiger charge is 2.18. The van der Waals surface area contributed by atoms with E-state index in [1.807, 2.05) is 0 Å². The Hall–Kier alpha value is -2.25. The van der Waals surface area contributed by atoms with Gasteiger partial charge in [0.25, 0.3) is 0 Å². The summed E-state index contributed by atoms with van der Waals surface area (Å²) in [6, 6.07) is 8.67. The summed E-state index contributed by atoms with van der Waals surface area (Å²) in [5.41, 5.74) is 2.67. The van der Waals surface area contributed by atoms with Crippen molar-refractivity contribution >= 4 is 5.69 Å². The third kappa shape index (κ3) is 4.14. The van der Waals surface area contributed by atoms with Crippen LogP contribution in [0.3, 0.4) is 0 Å². The van der Waals surface area contributed by atoms with E-state index in [4.69, 9.17) is 0 Å². The van der Waals surface area contributed by atoms with Gasteiger partial charge in [-0.1, -0.05) is 29.8 Å². The predicted octanol–water partition coefficient (Wildman–Crippen LogP) is 1.88. The summed E-state index contributed by atoms with van der Waals surface area (Å²) in [7, 11) is 0. The summed E-state index contributed by atoms with van der Waals surface area (Å²) >= 11 is 0. The van der Waals surface area contributed by atoms with Crippen molar-refractivity contribution in [2.75, 3.05) is 26.2 Å². The van der Waals surface area contributed by atoms with Crippen molar-refractivity contribution in [3.8, 4) is 0 Å². The van der Waals surface area contributed by atoms with Gasteiger partial charge < -0.3 is 0 Å². The third-order valence-electron chi connectivity index (χ3n) is 4.17. The number of piperazine rings is 1. The summed E-state index contributed by atoms with van der Waals surface area (Å²) in [6.45, 7) is 7.56. The minimum absolute atomic E-state index is 0.0445. The Balaban J connectivity index is 1.48. The third-order valence-corrected chi connectivity index (χ3v) is 4.17. The molecule has 1 fully saturated rings. The normalized spacial score (nSPS) is 16.6. The van der Waals surface area contributed by atoms with Crippen molar-refractivity contribution in [3.63, 3.8) is 0 Å². The Morgan fingerprint density at radius 3 is 2.39 bits per heavy atom. The van der Waals surface area contributed by atoms with Crippen LogP contribution in [-0.4, -0.2) is 50.7 Å². The molecule has 2 aromatic rings. The van der Waals surface area contributed by atoms with Crippen molar-refractivity contribution in [2.45, 2.75) is 20.1 Å². The van der Waals surface area contributed by atoms with Crippen LogP contribution in [0.15, 0.2) is 36.7 Å². The van der Waals surface area contributed by atoms with Gasteiger partial charge in [-0.05, 0) is 12.5 Å². The van der Waals surface area contributed by atoms with E-state index in [0.29, 0.717) is 6.67 Å². The SMILES string of the molecule is Cc1ccc(CN2CCN(Cn3cc([N+](=O)[O-])cn3)CC2)cc1. The predicted molar refractivity (Wildman–Crippen MR) is 86.9 cm³/mol. The van der Waals surface area contributed by atoms with E-state index in [2.05, 4.69) is 46.1 Å². The van der Waals surface area contributed by atoms with Gasteiger partial charge in [0.15, 0.2) is 0 Å². The zero-order valence-corrected chi connectivity index (χ0v) is 13.3.